The highest BCUT2D eigenvalue weighted by atomic mass is 35.5. The van der Waals surface area contributed by atoms with Crippen molar-refractivity contribution in [2.24, 2.45) is 0 Å². The van der Waals surface area contributed by atoms with Crippen molar-refractivity contribution < 1.29 is 4.79 Å². The number of amides is 1. The summed E-state index contributed by atoms with van der Waals surface area (Å²) in [5.41, 5.74) is 2.61. The van der Waals surface area contributed by atoms with Crippen molar-refractivity contribution in [3.05, 3.63) is 73.7 Å². The number of H-pyrrole nitrogens is 1. The zero-order valence-corrected chi connectivity index (χ0v) is 17.4. The van der Waals surface area contributed by atoms with Crippen LogP contribution in [-0.4, -0.2) is 15.5 Å². The summed E-state index contributed by atoms with van der Waals surface area (Å²) in [6.07, 6.45) is 0.949. The van der Waals surface area contributed by atoms with Crippen molar-refractivity contribution in [3.8, 4) is 0 Å². The summed E-state index contributed by atoms with van der Waals surface area (Å²) < 4.78 is 1.69. The number of carbonyl (C=O) groups is 1. The van der Waals surface area contributed by atoms with E-state index in [2.05, 4.69) is 10.3 Å². The molecule has 0 aliphatic rings. The lowest BCUT2D eigenvalue weighted by atomic mass is 10.0. The molecule has 0 unspecified atom stereocenters. The highest BCUT2D eigenvalue weighted by Gasteiger charge is 2.14. The Balaban J connectivity index is 1.73. The van der Waals surface area contributed by atoms with E-state index in [-0.39, 0.29) is 35.2 Å². The Morgan fingerprint density at radius 1 is 1.25 bits per heavy atom. The zero-order chi connectivity index (χ0) is 20.3. The van der Waals surface area contributed by atoms with E-state index in [1.54, 1.807) is 18.2 Å². The maximum atomic E-state index is 12.7. The number of nitrogens with one attached hydrogen (secondary N) is 2. The third-order valence-electron chi connectivity index (χ3n) is 4.73. The Kier molecular flexibility index (Phi) is 6.31. The summed E-state index contributed by atoms with van der Waals surface area (Å²) in [5, 5.41) is 4.05. The van der Waals surface area contributed by atoms with Gasteiger partial charge < -0.3 is 10.3 Å². The molecule has 3 rings (SSSR count). The van der Waals surface area contributed by atoms with Crippen molar-refractivity contribution in [1.29, 1.82) is 0 Å². The zero-order valence-electron chi connectivity index (χ0n) is 15.8. The Bertz CT molecular complexity index is 1120. The summed E-state index contributed by atoms with van der Waals surface area (Å²) in [7, 11) is 0. The van der Waals surface area contributed by atoms with E-state index in [1.807, 2.05) is 38.1 Å². The van der Waals surface area contributed by atoms with Gasteiger partial charge in [0.2, 0.25) is 5.91 Å². The van der Waals surface area contributed by atoms with Gasteiger partial charge in [-0.25, -0.2) is 0 Å². The maximum absolute atomic E-state index is 12.7. The largest absolute Gasteiger partial charge is 0.349 e. The minimum Gasteiger partial charge on any atom is -0.349 e. The van der Waals surface area contributed by atoms with Crippen molar-refractivity contribution in [2.75, 3.05) is 0 Å². The number of hydrogen-bond acceptors (Lipinski definition) is 3. The molecule has 0 saturated carbocycles. The summed E-state index contributed by atoms with van der Waals surface area (Å²) in [6, 6.07) is 13.0. The van der Waals surface area contributed by atoms with Crippen LogP contribution in [0, 0.1) is 11.7 Å². The number of aromatic nitrogens is 2. The highest BCUT2D eigenvalue weighted by molar-refractivity contribution is 7.71. The first-order valence-electron chi connectivity index (χ1n) is 9.17. The van der Waals surface area contributed by atoms with Crippen molar-refractivity contribution >= 4 is 40.6 Å². The molecule has 5 nitrogen and oxygen atoms in total. The fraction of sp³-hybridized carbons (Fsp3) is 0.286. The molecule has 146 valence electrons. The van der Waals surface area contributed by atoms with Crippen LogP contribution >= 0.6 is 23.8 Å². The van der Waals surface area contributed by atoms with E-state index >= 15 is 0 Å². The predicted molar refractivity (Wildman–Crippen MR) is 115 cm³/mol. The first-order chi connectivity index (χ1) is 13.4. The normalized spacial score (nSPS) is 12.1. The van der Waals surface area contributed by atoms with Crippen LogP contribution in [0.25, 0.3) is 10.9 Å². The number of aryl methyl sites for hydroxylation is 1. The molecule has 1 heterocycles. The van der Waals surface area contributed by atoms with E-state index in [1.165, 1.54) is 10.1 Å². The standard InChI is InChI=1S/C21H22ClN3O2S/c1-3-17(14-6-4-13(2)5-7-14)23-19(26)10-11-25-20(27)16-9-8-15(22)12-18(16)24-21(25)28/h4-9,12,17H,3,10-11H2,1-2H3,(H,23,26)(H,24,28)/t17-/m0/s1. The smallest absolute Gasteiger partial charge is 0.262 e. The number of rotatable bonds is 6. The molecule has 0 aliphatic heterocycles. The van der Waals surface area contributed by atoms with Crippen LogP contribution in [0.2, 0.25) is 5.02 Å². The Morgan fingerprint density at radius 2 is 1.96 bits per heavy atom. The topological polar surface area (TPSA) is 66.9 Å². The molecule has 0 radical (unpaired) electrons. The molecule has 2 N–H and O–H groups in total. The van der Waals surface area contributed by atoms with Crippen molar-refractivity contribution in [3.63, 3.8) is 0 Å². The summed E-state index contributed by atoms with van der Waals surface area (Å²) in [6.45, 7) is 4.27. The van der Waals surface area contributed by atoms with Gasteiger partial charge in [0.05, 0.1) is 16.9 Å². The second-order valence-corrected chi connectivity index (χ2v) is 7.59. The number of fused-ring (bicyclic) bond motifs is 1. The van der Waals surface area contributed by atoms with Gasteiger partial charge in [-0.3, -0.25) is 14.2 Å². The number of halogens is 1. The third-order valence-corrected chi connectivity index (χ3v) is 5.29. The van der Waals surface area contributed by atoms with E-state index in [0.717, 1.165) is 12.0 Å². The molecule has 2 aromatic carbocycles. The Morgan fingerprint density at radius 3 is 2.64 bits per heavy atom. The predicted octanol–water partition coefficient (Wildman–Crippen LogP) is 4.68. The van der Waals surface area contributed by atoms with Gasteiger partial charge in [-0.15, -0.1) is 0 Å². The quantitative estimate of drug-likeness (QED) is 0.574. The van der Waals surface area contributed by atoms with Crippen LogP contribution in [0.3, 0.4) is 0 Å². The fourth-order valence-electron chi connectivity index (χ4n) is 3.13. The second kappa shape index (κ2) is 8.71. The minimum absolute atomic E-state index is 0.0573. The first-order valence-corrected chi connectivity index (χ1v) is 9.96. The van der Waals surface area contributed by atoms with Gasteiger partial charge >= 0.3 is 0 Å². The lowest BCUT2D eigenvalue weighted by Gasteiger charge is -2.18. The van der Waals surface area contributed by atoms with Gasteiger partial charge in [-0.05, 0) is 49.3 Å². The van der Waals surface area contributed by atoms with E-state index < -0.39 is 0 Å². The second-order valence-electron chi connectivity index (χ2n) is 6.77. The van der Waals surface area contributed by atoms with Crippen LogP contribution in [0.1, 0.15) is 36.9 Å². The number of benzene rings is 2. The van der Waals surface area contributed by atoms with E-state index in [4.69, 9.17) is 23.8 Å². The SMILES string of the molecule is CC[C@H](NC(=O)CCn1c(=S)[nH]c2cc(Cl)ccc2c1=O)c1ccc(C)cc1. The van der Waals surface area contributed by atoms with E-state index in [9.17, 15) is 9.59 Å². The summed E-state index contributed by atoms with van der Waals surface area (Å²) in [4.78, 5) is 28.2. The lowest BCUT2D eigenvalue weighted by Crippen LogP contribution is -2.31. The molecular formula is C21H22ClN3O2S. The average molecular weight is 416 g/mol. The number of nitrogens with zero attached hydrogens (tertiary/aromatic N) is 1. The molecule has 28 heavy (non-hydrogen) atoms. The Labute approximate surface area is 173 Å². The molecule has 1 aromatic heterocycles. The van der Waals surface area contributed by atoms with Gasteiger partial charge in [0, 0.05) is 18.0 Å². The first kappa shape index (κ1) is 20.3. The molecule has 3 aromatic rings. The van der Waals surface area contributed by atoms with Gasteiger partial charge in [-0.2, -0.15) is 0 Å². The Hall–Kier alpha value is -2.44. The highest BCUT2D eigenvalue weighted by Crippen LogP contribution is 2.18. The van der Waals surface area contributed by atoms with Crippen LogP contribution in [0.15, 0.2) is 47.3 Å². The molecule has 0 bridgehead atoms. The molecule has 1 amide bonds. The molecule has 7 heteroatoms. The van der Waals surface area contributed by atoms with Gasteiger partial charge in [0.1, 0.15) is 0 Å². The fourth-order valence-corrected chi connectivity index (χ4v) is 3.59. The molecule has 0 spiro atoms. The van der Waals surface area contributed by atoms with Crippen LogP contribution in [0.5, 0.6) is 0 Å². The van der Waals surface area contributed by atoms with Crippen LogP contribution < -0.4 is 10.9 Å². The van der Waals surface area contributed by atoms with E-state index in [0.29, 0.717) is 15.9 Å². The van der Waals surface area contributed by atoms with Crippen LogP contribution in [-0.2, 0) is 11.3 Å². The molecule has 0 saturated heterocycles. The van der Waals surface area contributed by atoms with Gasteiger partial charge in [0.15, 0.2) is 4.77 Å². The van der Waals surface area contributed by atoms with Crippen molar-refractivity contribution in [1.82, 2.24) is 14.9 Å². The molecule has 0 fully saturated rings. The number of hydrogen-bond donors (Lipinski definition) is 2. The van der Waals surface area contributed by atoms with Crippen molar-refractivity contribution in [2.45, 2.75) is 39.3 Å². The molecule has 0 aliphatic carbocycles. The molecular weight excluding hydrogens is 394 g/mol. The summed E-state index contributed by atoms with van der Waals surface area (Å²) >= 11 is 11.3. The average Bonchev–Trinajstić information content (AvgIpc) is 2.66. The van der Waals surface area contributed by atoms with Crippen LogP contribution in [0.4, 0.5) is 0 Å². The minimum atomic E-state index is -0.228. The van der Waals surface area contributed by atoms with Gasteiger partial charge in [0.25, 0.3) is 5.56 Å². The molecule has 1 atom stereocenters. The maximum Gasteiger partial charge on any atom is 0.262 e. The summed E-state index contributed by atoms with van der Waals surface area (Å²) in [5.74, 6) is -0.120. The lowest BCUT2D eigenvalue weighted by molar-refractivity contribution is -0.122. The van der Waals surface area contributed by atoms with Gasteiger partial charge in [-0.1, -0.05) is 48.4 Å². The third kappa shape index (κ3) is 4.51. The monoisotopic (exact) mass is 415 g/mol. The number of carbonyl (C=O) groups excluding carboxylic acids is 1. The number of aromatic amines is 1.